The van der Waals surface area contributed by atoms with Crippen LogP contribution in [-0.4, -0.2) is 19.4 Å². The van der Waals surface area contributed by atoms with Crippen molar-refractivity contribution in [3.05, 3.63) is 42.5 Å². The van der Waals surface area contributed by atoms with Crippen molar-refractivity contribution in [3.8, 4) is 22.8 Å². The third-order valence-electron chi connectivity index (χ3n) is 3.04. The van der Waals surface area contributed by atoms with Gasteiger partial charge in [0.1, 0.15) is 17.2 Å². The van der Waals surface area contributed by atoms with E-state index in [4.69, 9.17) is 14.0 Å². The van der Waals surface area contributed by atoms with Crippen molar-refractivity contribution >= 4 is 11.0 Å². The van der Waals surface area contributed by atoms with Crippen LogP contribution in [0, 0.1) is 0 Å². The number of methoxy groups -OCH3 is 2. The summed E-state index contributed by atoms with van der Waals surface area (Å²) in [7, 11) is 3.26. The molecule has 0 N–H and O–H groups in total. The number of ether oxygens (including phenoxy) is 2. The van der Waals surface area contributed by atoms with E-state index in [1.807, 2.05) is 42.5 Å². The molecule has 1 aromatic heterocycles. The van der Waals surface area contributed by atoms with Gasteiger partial charge in [-0.2, -0.15) is 0 Å². The number of fused-ring (bicyclic) bond motifs is 1. The maximum Gasteiger partial charge on any atom is 0.167 e. The maximum absolute atomic E-state index is 5.38. The minimum absolute atomic E-state index is 0.736. The molecule has 4 heteroatoms. The second kappa shape index (κ2) is 4.65. The lowest BCUT2D eigenvalue weighted by molar-refractivity contribution is 0.403. The van der Waals surface area contributed by atoms with Crippen molar-refractivity contribution in [2.75, 3.05) is 14.2 Å². The predicted molar refractivity (Wildman–Crippen MR) is 72.5 cm³/mol. The molecular formula is C15H13NO3. The van der Waals surface area contributed by atoms with Gasteiger partial charge in [0, 0.05) is 5.39 Å². The Labute approximate surface area is 110 Å². The van der Waals surface area contributed by atoms with E-state index in [9.17, 15) is 0 Å². The summed E-state index contributed by atoms with van der Waals surface area (Å²) in [6.07, 6.45) is 0. The fourth-order valence-electron chi connectivity index (χ4n) is 2.08. The maximum atomic E-state index is 5.38. The topological polar surface area (TPSA) is 44.5 Å². The second-order valence-corrected chi connectivity index (χ2v) is 4.09. The first-order valence-electron chi connectivity index (χ1n) is 5.90. The van der Waals surface area contributed by atoms with E-state index < -0.39 is 0 Å². The quantitative estimate of drug-likeness (QED) is 0.718. The zero-order valence-electron chi connectivity index (χ0n) is 10.7. The summed E-state index contributed by atoms with van der Waals surface area (Å²) in [4.78, 5) is 0. The Morgan fingerprint density at radius 2 is 1.84 bits per heavy atom. The van der Waals surface area contributed by atoms with Crippen LogP contribution in [0.1, 0.15) is 0 Å². The van der Waals surface area contributed by atoms with Crippen LogP contribution >= 0.6 is 0 Å². The molecule has 0 spiro atoms. The smallest absolute Gasteiger partial charge is 0.167 e. The summed E-state index contributed by atoms with van der Waals surface area (Å²) in [6, 6.07) is 13.3. The van der Waals surface area contributed by atoms with Gasteiger partial charge in [0.25, 0.3) is 0 Å². The van der Waals surface area contributed by atoms with E-state index in [-0.39, 0.29) is 0 Å². The van der Waals surface area contributed by atoms with E-state index in [0.29, 0.717) is 0 Å². The van der Waals surface area contributed by atoms with Gasteiger partial charge in [0.05, 0.1) is 19.8 Å². The van der Waals surface area contributed by atoms with Gasteiger partial charge in [-0.1, -0.05) is 17.3 Å². The van der Waals surface area contributed by atoms with Gasteiger partial charge in [0.15, 0.2) is 5.58 Å². The number of hydrogen-bond donors (Lipinski definition) is 0. The number of benzene rings is 2. The van der Waals surface area contributed by atoms with Gasteiger partial charge in [-0.25, -0.2) is 0 Å². The van der Waals surface area contributed by atoms with Crippen molar-refractivity contribution in [1.82, 2.24) is 5.16 Å². The number of para-hydroxylation sites is 1. The van der Waals surface area contributed by atoms with Crippen molar-refractivity contribution < 1.29 is 14.0 Å². The number of rotatable bonds is 3. The molecule has 0 bridgehead atoms. The molecule has 3 rings (SSSR count). The molecule has 0 saturated carbocycles. The van der Waals surface area contributed by atoms with Gasteiger partial charge < -0.3 is 14.0 Å². The van der Waals surface area contributed by atoms with Crippen molar-refractivity contribution in [2.45, 2.75) is 0 Å². The van der Waals surface area contributed by atoms with Gasteiger partial charge >= 0.3 is 0 Å². The summed E-state index contributed by atoms with van der Waals surface area (Å²) >= 11 is 0. The standard InChI is InChI=1S/C15H13NO3/c1-17-10-7-8-13(18-2)12(9-10)15-11-5-3-4-6-14(11)19-16-15/h3-9H,1-2H3. The summed E-state index contributed by atoms with van der Waals surface area (Å²) in [5.41, 5.74) is 2.36. The van der Waals surface area contributed by atoms with Crippen LogP contribution in [0.4, 0.5) is 0 Å². The lowest BCUT2D eigenvalue weighted by atomic mass is 10.1. The molecule has 1 heterocycles. The van der Waals surface area contributed by atoms with Gasteiger partial charge in [-0.05, 0) is 30.3 Å². The fourth-order valence-corrected chi connectivity index (χ4v) is 2.08. The highest BCUT2D eigenvalue weighted by Crippen LogP contribution is 2.36. The van der Waals surface area contributed by atoms with Crippen molar-refractivity contribution in [2.24, 2.45) is 0 Å². The third kappa shape index (κ3) is 1.91. The highest BCUT2D eigenvalue weighted by molar-refractivity contribution is 5.93. The van der Waals surface area contributed by atoms with Crippen LogP contribution in [0.5, 0.6) is 11.5 Å². The molecule has 0 aliphatic rings. The summed E-state index contributed by atoms with van der Waals surface area (Å²) < 4.78 is 16.0. The van der Waals surface area contributed by atoms with Crippen LogP contribution in [0.25, 0.3) is 22.2 Å². The Bertz CT molecular complexity index is 718. The highest BCUT2D eigenvalue weighted by atomic mass is 16.5. The van der Waals surface area contributed by atoms with Crippen LogP contribution in [0.2, 0.25) is 0 Å². The third-order valence-corrected chi connectivity index (χ3v) is 3.04. The predicted octanol–water partition coefficient (Wildman–Crippen LogP) is 3.51. The van der Waals surface area contributed by atoms with Crippen LogP contribution < -0.4 is 9.47 Å². The zero-order chi connectivity index (χ0) is 13.2. The van der Waals surface area contributed by atoms with Crippen LogP contribution in [0.15, 0.2) is 47.0 Å². The molecule has 96 valence electrons. The molecule has 0 radical (unpaired) electrons. The Kier molecular flexibility index (Phi) is 2.83. The minimum atomic E-state index is 0.736. The first-order valence-corrected chi connectivity index (χ1v) is 5.90. The van der Waals surface area contributed by atoms with Gasteiger partial charge in [0.2, 0.25) is 0 Å². The number of nitrogens with zero attached hydrogens (tertiary/aromatic N) is 1. The molecule has 0 aliphatic heterocycles. The van der Waals surface area contributed by atoms with E-state index in [1.165, 1.54) is 0 Å². The molecular weight excluding hydrogens is 242 g/mol. The summed E-state index contributed by atoms with van der Waals surface area (Å²) in [5, 5.41) is 5.09. The lowest BCUT2D eigenvalue weighted by Gasteiger charge is -2.08. The Morgan fingerprint density at radius 1 is 1.00 bits per heavy atom. The molecule has 3 aromatic rings. The molecule has 0 amide bonds. The minimum Gasteiger partial charge on any atom is -0.497 e. The van der Waals surface area contributed by atoms with Crippen molar-refractivity contribution in [3.63, 3.8) is 0 Å². The first kappa shape index (κ1) is 11.6. The van der Waals surface area contributed by atoms with Gasteiger partial charge in [-0.15, -0.1) is 0 Å². The molecule has 0 aliphatic carbocycles. The second-order valence-electron chi connectivity index (χ2n) is 4.09. The molecule has 4 nitrogen and oxygen atoms in total. The Morgan fingerprint density at radius 3 is 2.63 bits per heavy atom. The van der Waals surface area contributed by atoms with Gasteiger partial charge in [-0.3, -0.25) is 0 Å². The fraction of sp³-hybridized carbons (Fsp3) is 0.133. The Balaban J connectivity index is 2.25. The average Bonchev–Trinajstić information content (AvgIpc) is 2.90. The average molecular weight is 255 g/mol. The van der Waals surface area contributed by atoms with Crippen LogP contribution in [0.3, 0.4) is 0 Å². The highest BCUT2D eigenvalue weighted by Gasteiger charge is 2.15. The first-order chi connectivity index (χ1) is 9.33. The largest absolute Gasteiger partial charge is 0.497 e. The normalized spacial score (nSPS) is 10.6. The molecule has 0 atom stereocenters. The molecule has 0 fully saturated rings. The number of hydrogen-bond acceptors (Lipinski definition) is 4. The summed E-state index contributed by atoms with van der Waals surface area (Å²) in [5.74, 6) is 1.49. The van der Waals surface area contributed by atoms with E-state index in [2.05, 4.69) is 5.16 Å². The monoisotopic (exact) mass is 255 g/mol. The molecule has 0 unspecified atom stereocenters. The summed E-state index contributed by atoms with van der Waals surface area (Å²) in [6.45, 7) is 0. The molecule has 19 heavy (non-hydrogen) atoms. The van der Waals surface area contributed by atoms with Crippen molar-refractivity contribution in [1.29, 1.82) is 0 Å². The molecule has 2 aromatic carbocycles. The zero-order valence-corrected chi connectivity index (χ0v) is 10.7. The van der Waals surface area contributed by atoms with E-state index in [1.54, 1.807) is 14.2 Å². The van der Waals surface area contributed by atoms with E-state index >= 15 is 0 Å². The molecule has 0 saturated heterocycles. The van der Waals surface area contributed by atoms with E-state index in [0.717, 1.165) is 33.7 Å². The Hall–Kier alpha value is -2.49. The number of aromatic nitrogens is 1. The SMILES string of the molecule is COc1ccc(OC)c(-c2noc3ccccc23)c1. The van der Waals surface area contributed by atoms with Crippen LogP contribution in [-0.2, 0) is 0 Å². The lowest BCUT2D eigenvalue weighted by Crippen LogP contribution is -1.90.